The lowest BCUT2D eigenvalue weighted by atomic mass is 10.1. The van der Waals surface area contributed by atoms with Crippen molar-refractivity contribution >= 4 is 0 Å². The van der Waals surface area contributed by atoms with Gasteiger partial charge in [-0.25, -0.2) is 8.78 Å². The first-order valence-electron chi connectivity index (χ1n) is 7.96. The summed E-state index contributed by atoms with van der Waals surface area (Å²) in [5, 5.41) is 0. The van der Waals surface area contributed by atoms with Gasteiger partial charge in [-0.05, 0) is 32.4 Å². The van der Waals surface area contributed by atoms with Crippen molar-refractivity contribution in [1.29, 1.82) is 0 Å². The third-order valence-electron chi connectivity index (χ3n) is 4.50. The standard InChI is InChI=1S/C17H26F2N2O/c1-5-13-10-20(8-9-21(13)12(2)3)11-14-16(22-4)7-6-15(18)17(14)19/h6-7,12-13H,5,8-11H2,1-4H3/t13-/m0/s1. The van der Waals surface area contributed by atoms with E-state index < -0.39 is 11.6 Å². The van der Waals surface area contributed by atoms with Crippen LogP contribution in [0.3, 0.4) is 0 Å². The smallest absolute Gasteiger partial charge is 0.167 e. The summed E-state index contributed by atoms with van der Waals surface area (Å²) >= 11 is 0. The van der Waals surface area contributed by atoms with E-state index in [0.29, 0.717) is 29.9 Å². The second kappa shape index (κ2) is 7.38. The van der Waals surface area contributed by atoms with Crippen molar-refractivity contribution in [2.24, 2.45) is 0 Å². The van der Waals surface area contributed by atoms with Crippen molar-refractivity contribution < 1.29 is 13.5 Å². The van der Waals surface area contributed by atoms with Gasteiger partial charge >= 0.3 is 0 Å². The van der Waals surface area contributed by atoms with Crippen LogP contribution >= 0.6 is 0 Å². The molecule has 0 N–H and O–H groups in total. The summed E-state index contributed by atoms with van der Waals surface area (Å²) in [4.78, 5) is 4.67. The Bertz CT molecular complexity index is 508. The molecule has 0 saturated carbocycles. The highest BCUT2D eigenvalue weighted by atomic mass is 19.2. The zero-order chi connectivity index (χ0) is 16.3. The van der Waals surface area contributed by atoms with Gasteiger partial charge in [0.1, 0.15) is 5.75 Å². The molecule has 0 aromatic heterocycles. The Labute approximate surface area is 131 Å². The first kappa shape index (κ1) is 17.2. The van der Waals surface area contributed by atoms with Gasteiger partial charge in [-0.2, -0.15) is 0 Å². The van der Waals surface area contributed by atoms with Crippen molar-refractivity contribution in [1.82, 2.24) is 9.80 Å². The quantitative estimate of drug-likeness (QED) is 0.830. The SMILES string of the molecule is CC[C@H]1CN(Cc2c(OC)ccc(F)c2F)CCN1C(C)C. The molecule has 0 spiro atoms. The van der Waals surface area contributed by atoms with Crippen LogP contribution in [0, 0.1) is 11.6 Å². The Kier molecular flexibility index (Phi) is 5.75. The minimum Gasteiger partial charge on any atom is -0.496 e. The van der Waals surface area contributed by atoms with Crippen LogP contribution in [0.2, 0.25) is 0 Å². The normalized spacial score (nSPS) is 20.6. The van der Waals surface area contributed by atoms with Gasteiger partial charge in [0.15, 0.2) is 11.6 Å². The number of methoxy groups -OCH3 is 1. The molecule has 5 heteroatoms. The Hall–Kier alpha value is -1.20. The summed E-state index contributed by atoms with van der Waals surface area (Å²) in [5.74, 6) is -1.19. The van der Waals surface area contributed by atoms with Gasteiger partial charge in [0.05, 0.1) is 7.11 Å². The maximum atomic E-state index is 14.1. The Morgan fingerprint density at radius 3 is 2.59 bits per heavy atom. The summed E-state index contributed by atoms with van der Waals surface area (Å²) in [6.07, 6.45) is 1.05. The molecule has 1 aliphatic heterocycles. The van der Waals surface area contributed by atoms with Crippen molar-refractivity contribution in [2.75, 3.05) is 26.7 Å². The molecule has 3 nitrogen and oxygen atoms in total. The molecule has 0 amide bonds. The fourth-order valence-electron chi connectivity index (χ4n) is 3.26. The van der Waals surface area contributed by atoms with Crippen LogP contribution in [0.1, 0.15) is 32.8 Å². The van der Waals surface area contributed by atoms with E-state index in [1.54, 1.807) is 0 Å². The van der Waals surface area contributed by atoms with E-state index >= 15 is 0 Å². The highest BCUT2D eigenvalue weighted by Gasteiger charge is 2.28. The average molecular weight is 312 g/mol. The van der Waals surface area contributed by atoms with E-state index in [-0.39, 0.29) is 0 Å². The minimum atomic E-state index is -0.816. The number of nitrogens with zero attached hydrogens (tertiary/aromatic N) is 2. The number of ether oxygens (including phenoxy) is 1. The van der Waals surface area contributed by atoms with E-state index in [0.717, 1.165) is 32.1 Å². The van der Waals surface area contributed by atoms with E-state index in [4.69, 9.17) is 4.74 Å². The van der Waals surface area contributed by atoms with Gasteiger partial charge in [-0.3, -0.25) is 9.80 Å². The van der Waals surface area contributed by atoms with Crippen LogP contribution in [0.15, 0.2) is 12.1 Å². The highest BCUT2D eigenvalue weighted by molar-refractivity contribution is 5.35. The van der Waals surface area contributed by atoms with Gasteiger partial charge in [0.25, 0.3) is 0 Å². The summed E-state index contributed by atoms with van der Waals surface area (Å²) in [5.41, 5.74) is 0.315. The summed E-state index contributed by atoms with van der Waals surface area (Å²) in [7, 11) is 1.49. The summed E-state index contributed by atoms with van der Waals surface area (Å²) in [6, 6.07) is 3.57. The Balaban J connectivity index is 2.14. The number of rotatable bonds is 5. The van der Waals surface area contributed by atoms with Gasteiger partial charge in [-0.1, -0.05) is 6.92 Å². The Morgan fingerprint density at radius 2 is 2.00 bits per heavy atom. The lowest BCUT2D eigenvalue weighted by Crippen LogP contribution is -2.54. The first-order chi connectivity index (χ1) is 10.5. The van der Waals surface area contributed by atoms with Gasteiger partial charge in [-0.15, -0.1) is 0 Å². The Morgan fingerprint density at radius 1 is 1.27 bits per heavy atom. The maximum absolute atomic E-state index is 14.1. The van der Waals surface area contributed by atoms with E-state index in [1.165, 1.54) is 13.2 Å². The maximum Gasteiger partial charge on any atom is 0.167 e. The minimum absolute atomic E-state index is 0.315. The second-order valence-corrected chi connectivity index (χ2v) is 6.17. The van der Waals surface area contributed by atoms with Gasteiger partial charge in [0, 0.05) is 43.8 Å². The zero-order valence-corrected chi connectivity index (χ0v) is 13.9. The van der Waals surface area contributed by atoms with Crippen molar-refractivity contribution in [2.45, 2.75) is 45.8 Å². The molecule has 1 atom stereocenters. The fraction of sp³-hybridized carbons (Fsp3) is 0.647. The molecule has 0 aliphatic carbocycles. The van der Waals surface area contributed by atoms with Crippen LogP contribution in [0.5, 0.6) is 5.75 Å². The fourth-order valence-corrected chi connectivity index (χ4v) is 3.26. The van der Waals surface area contributed by atoms with E-state index in [2.05, 4.69) is 30.6 Å². The summed E-state index contributed by atoms with van der Waals surface area (Å²) in [6.45, 7) is 9.64. The van der Waals surface area contributed by atoms with Crippen LogP contribution in [0.4, 0.5) is 8.78 Å². The molecule has 1 heterocycles. The molecule has 0 radical (unpaired) electrons. The number of hydrogen-bond acceptors (Lipinski definition) is 3. The topological polar surface area (TPSA) is 15.7 Å². The molecule has 1 aliphatic rings. The number of benzene rings is 1. The molecular weight excluding hydrogens is 286 g/mol. The highest BCUT2D eigenvalue weighted by Crippen LogP contribution is 2.26. The lowest BCUT2D eigenvalue weighted by Gasteiger charge is -2.43. The van der Waals surface area contributed by atoms with E-state index in [1.807, 2.05) is 0 Å². The van der Waals surface area contributed by atoms with Crippen molar-refractivity contribution in [3.8, 4) is 5.75 Å². The zero-order valence-electron chi connectivity index (χ0n) is 13.9. The molecule has 0 unspecified atom stereocenters. The molecule has 22 heavy (non-hydrogen) atoms. The molecule has 1 fully saturated rings. The molecule has 1 aromatic carbocycles. The number of halogens is 2. The first-order valence-corrected chi connectivity index (χ1v) is 7.96. The molecule has 0 bridgehead atoms. The number of hydrogen-bond donors (Lipinski definition) is 0. The van der Waals surface area contributed by atoms with Crippen molar-refractivity contribution in [3.63, 3.8) is 0 Å². The predicted molar refractivity (Wildman–Crippen MR) is 84.1 cm³/mol. The largest absolute Gasteiger partial charge is 0.496 e. The average Bonchev–Trinajstić information content (AvgIpc) is 2.51. The van der Waals surface area contributed by atoms with Crippen LogP contribution in [-0.2, 0) is 6.54 Å². The second-order valence-electron chi connectivity index (χ2n) is 6.17. The van der Waals surface area contributed by atoms with Gasteiger partial charge < -0.3 is 4.74 Å². The lowest BCUT2D eigenvalue weighted by molar-refractivity contribution is 0.0447. The number of piperazine rings is 1. The molecule has 2 rings (SSSR count). The molecular formula is C17H26F2N2O. The van der Waals surface area contributed by atoms with E-state index in [9.17, 15) is 8.78 Å². The predicted octanol–water partition coefficient (Wildman–Crippen LogP) is 3.28. The van der Waals surface area contributed by atoms with Gasteiger partial charge in [0.2, 0.25) is 0 Å². The molecule has 124 valence electrons. The monoisotopic (exact) mass is 312 g/mol. The third kappa shape index (κ3) is 3.58. The molecule has 1 saturated heterocycles. The third-order valence-corrected chi connectivity index (χ3v) is 4.50. The van der Waals surface area contributed by atoms with Crippen LogP contribution < -0.4 is 4.74 Å². The van der Waals surface area contributed by atoms with Crippen LogP contribution in [-0.4, -0.2) is 48.6 Å². The summed E-state index contributed by atoms with van der Waals surface area (Å²) < 4.78 is 32.8. The van der Waals surface area contributed by atoms with Crippen molar-refractivity contribution in [3.05, 3.63) is 29.3 Å². The molecule has 1 aromatic rings. The van der Waals surface area contributed by atoms with Crippen LogP contribution in [0.25, 0.3) is 0 Å².